The Kier molecular flexibility index (Phi) is 4.65. The van der Waals surface area contributed by atoms with Crippen LogP contribution in [0, 0.1) is 10.1 Å². The molecule has 0 N–H and O–H groups in total. The van der Waals surface area contributed by atoms with Crippen molar-refractivity contribution in [2.24, 2.45) is 0 Å². The molecule has 0 saturated carbocycles. The Morgan fingerprint density at radius 3 is 2.65 bits per heavy atom. The Bertz CT molecular complexity index is 418. The zero-order chi connectivity index (χ0) is 13.1. The molecule has 0 aliphatic rings. The maximum atomic E-state index is 10.8. The quantitative estimate of drug-likeness (QED) is 0.608. The largest absolute Gasteiger partial charge is 0.371 e. The lowest BCUT2D eigenvalue weighted by Gasteiger charge is -2.23. The molecule has 4 nitrogen and oxygen atoms in total. The molecular formula is C12H16BrNO3. The van der Waals surface area contributed by atoms with Gasteiger partial charge in [0, 0.05) is 6.07 Å². The van der Waals surface area contributed by atoms with Crippen LogP contribution in [-0.4, -0.2) is 10.5 Å². The van der Waals surface area contributed by atoms with Crippen molar-refractivity contribution in [3.05, 3.63) is 38.3 Å². The van der Waals surface area contributed by atoms with Gasteiger partial charge in [-0.25, -0.2) is 0 Å². The molecule has 0 radical (unpaired) electrons. The molecule has 0 aromatic heterocycles. The van der Waals surface area contributed by atoms with Gasteiger partial charge in [0.05, 0.1) is 17.1 Å². The van der Waals surface area contributed by atoms with Crippen LogP contribution in [0.2, 0.25) is 0 Å². The summed E-state index contributed by atoms with van der Waals surface area (Å²) in [6.07, 6.45) is 0.888. The number of hydrogen-bond acceptors (Lipinski definition) is 3. The highest BCUT2D eigenvalue weighted by atomic mass is 79.9. The van der Waals surface area contributed by atoms with Gasteiger partial charge in [0.15, 0.2) is 0 Å². The number of hydrogen-bond donors (Lipinski definition) is 0. The van der Waals surface area contributed by atoms with E-state index < -0.39 is 4.92 Å². The summed E-state index contributed by atoms with van der Waals surface area (Å²) in [5.41, 5.74) is 0.644. The van der Waals surface area contributed by atoms with Gasteiger partial charge < -0.3 is 4.74 Å². The highest BCUT2D eigenvalue weighted by molar-refractivity contribution is 9.10. The molecule has 0 fully saturated rings. The lowest BCUT2D eigenvalue weighted by molar-refractivity contribution is -0.385. The molecular weight excluding hydrogens is 286 g/mol. The summed E-state index contributed by atoms with van der Waals surface area (Å²) in [4.78, 5) is 10.4. The second-order valence-corrected chi connectivity index (χ2v) is 5.20. The van der Waals surface area contributed by atoms with Gasteiger partial charge >= 0.3 is 0 Å². The van der Waals surface area contributed by atoms with Crippen molar-refractivity contribution >= 4 is 21.6 Å². The van der Waals surface area contributed by atoms with Crippen molar-refractivity contribution < 1.29 is 9.66 Å². The first-order valence-corrected chi connectivity index (χ1v) is 6.22. The Morgan fingerprint density at radius 2 is 2.12 bits per heavy atom. The third-order valence-corrected chi connectivity index (χ3v) is 3.64. The van der Waals surface area contributed by atoms with E-state index in [0.29, 0.717) is 11.1 Å². The van der Waals surface area contributed by atoms with Crippen LogP contribution in [0.1, 0.15) is 32.8 Å². The summed E-state index contributed by atoms with van der Waals surface area (Å²) in [6, 6.07) is 4.96. The van der Waals surface area contributed by atoms with E-state index in [1.807, 2.05) is 26.8 Å². The zero-order valence-electron chi connectivity index (χ0n) is 10.2. The third-order valence-electron chi connectivity index (χ3n) is 2.72. The van der Waals surface area contributed by atoms with Crippen LogP contribution in [0.15, 0.2) is 22.7 Å². The Morgan fingerprint density at radius 1 is 1.47 bits per heavy atom. The monoisotopic (exact) mass is 301 g/mol. The van der Waals surface area contributed by atoms with Crippen LogP contribution in [0.4, 0.5) is 5.69 Å². The van der Waals surface area contributed by atoms with E-state index in [9.17, 15) is 10.1 Å². The normalized spacial score (nSPS) is 11.5. The van der Waals surface area contributed by atoms with Crippen molar-refractivity contribution in [3.8, 4) is 0 Å². The van der Waals surface area contributed by atoms with E-state index in [1.54, 1.807) is 6.07 Å². The first kappa shape index (κ1) is 14.1. The van der Waals surface area contributed by atoms with Gasteiger partial charge in [-0.05, 0) is 41.8 Å². The van der Waals surface area contributed by atoms with Crippen molar-refractivity contribution in [1.29, 1.82) is 0 Å². The average molecular weight is 302 g/mol. The summed E-state index contributed by atoms with van der Waals surface area (Å²) in [5, 5.41) is 10.8. The zero-order valence-corrected chi connectivity index (χ0v) is 11.8. The summed E-state index contributed by atoms with van der Waals surface area (Å²) < 4.78 is 6.22. The molecule has 0 spiro atoms. The number of nitrogens with zero attached hydrogens (tertiary/aromatic N) is 1. The van der Waals surface area contributed by atoms with Crippen molar-refractivity contribution in [2.45, 2.75) is 39.4 Å². The van der Waals surface area contributed by atoms with E-state index in [0.717, 1.165) is 12.0 Å². The molecule has 1 aromatic rings. The molecule has 0 heterocycles. The van der Waals surface area contributed by atoms with Gasteiger partial charge in [-0.2, -0.15) is 0 Å². The molecule has 0 atom stereocenters. The molecule has 1 aromatic carbocycles. The lowest BCUT2D eigenvalue weighted by Crippen LogP contribution is -2.22. The number of nitro groups is 1. The predicted molar refractivity (Wildman–Crippen MR) is 70.0 cm³/mol. The lowest BCUT2D eigenvalue weighted by atomic mass is 10.1. The van der Waals surface area contributed by atoms with Gasteiger partial charge in [-0.15, -0.1) is 0 Å². The molecule has 94 valence electrons. The first-order valence-electron chi connectivity index (χ1n) is 5.43. The van der Waals surface area contributed by atoms with Gasteiger partial charge in [0.1, 0.15) is 4.47 Å². The molecule has 0 aliphatic heterocycles. The number of benzene rings is 1. The minimum absolute atomic E-state index is 0.0698. The molecule has 0 aliphatic carbocycles. The fourth-order valence-corrected chi connectivity index (χ4v) is 1.72. The predicted octanol–water partition coefficient (Wildman–Crippen LogP) is 4.06. The summed E-state index contributed by atoms with van der Waals surface area (Å²) in [7, 11) is 0. The molecule has 0 saturated heterocycles. The van der Waals surface area contributed by atoms with Crippen LogP contribution in [0.25, 0.3) is 0 Å². The van der Waals surface area contributed by atoms with Crippen molar-refractivity contribution in [2.75, 3.05) is 0 Å². The van der Waals surface area contributed by atoms with Crippen molar-refractivity contribution in [3.63, 3.8) is 0 Å². The van der Waals surface area contributed by atoms with Gasteiger partial charge in [0.2, 0.25) is 0 Å². The summed E-state index contributed by atoms with van der Waals surface area (Å²) in [5.74, 6) is 0. The van der Waals surface area contributed by atoms with E-state index in [2.05, 4.69) is 15.9 Å². The minimum Gasteiger partial charge on any atom is -0.371 e. The summed E-state index contributed by atoms with van der Waals surface area (Å²) in [6.45, 7) is 6.40. The summed E-state index contributed by atoms with van der Waals surface area (Å²) >= 11 is 3.25. The first-order chi connectivity index (χ1) is 7.87. The smallest absolute Gasteiger partial charge is 0.283 e. The molecule has 1 rings (SSSR count). The number of rotatable bonds is 5. The fraction of sp³-hybridized carbons (Fsp3) is 0.500. The number of halogens is 1. The SMILES string of the molecule is CCC(C)(C)OCc1cccc([N+](=O)[O-])c1Br. The van der Waals surface area contributed by atoms with Crippen LogP contribution in [0.3, 0.4) is 0 Å². The van der Waals surface area contributed by atoms with Crippen LogP contribution in [0.5, 0.6) is 0 Å². The Labute approximate surface area is 109 Å². The highest BCUT2D eigenvalue weighted by Gasteiger charge is 2.19. The molecule has 0 unspecified atom stereocenters. The van der Waals surface area contributed by atoms with E-state index in [4.69, 9.17) is 4.74 Å². The number of nitro benzene ring substituents is 1. The third kappa shape index (κ3) is 3.78. The molecule has 0 bridgehead atoms. The highest BCUT2D eigenvalue weighted by Crippen LogP contribution is 2.29. The van der Waals surface area contributed by atoms with E-state index in [1.165, 1.54) is 6.07 Å². The minimum atomic E-state index is -0.404. The maximum Gasteiger partial charge on any atom is 0.283 e. The second kappa shape index (κ2) is 5.60. The fourth-order valence-electron chi connectivity index (χ4n) is 1.19. The average Bonchev–Trinajstić information content (AvgIpc) is 2.27. The van der Waals surface area contributed by atoms with E-state index in [-0.39, 0.29) is 11.3 Å². The molecule has 5 heteroatoms. The Balaban J connectivity index is 2.86. The Hall–Kier alpha value is -0.940. The van der Waals surface area contributed by atoms with E-state index >= 15 is 0 Å². The van der Waals surface area contributed by atoms with Crippen LogP contribution >= 0.6 is 15.9 Å². The topological polar surface area (TPSA) is 52.4 Å². The molecule has 0 amide bonds. The second-order valence-electron chi connectivity index (χ2n) is 4.41. The van der Waals surface area contributed by atoms with Gasteiger partial charge in [-0.1, -0.05) is 19.1 Å². The maximum absolute atomic E-state index is 10.8. The van der Waals surface area contributed by atoms with Gasteiger partial charge in [-0.3, -0.25) is 10.1 Å². The van der Waals surface area contributed by atoms with Crippen LogP contribution < -0.4 is 0 Å². The van der Waals surface area contributed by atoms with Crippen molar-refractivity contribution in [1.82, 2.24) is 0 Å². The van der Waals surface area contributed by atoms with Gasteiger partial charge in [0.25, 0.3) is 5.69 Å². The molecule has 17 heavy (non-hydrogen) atoms. The standard InChI is InChI=1S/C12H16BrNO3/c1-4-12(2,3)17-8-9-6-5-7-10(11(9)13)14(15)16/h5-7H,4,8H2,1-3H3. The van der Waals surface area contributed by atoms with Crippen LogP contribution in [-0.2, 0) is 11.3 Å². The number of ether oxygens (including phenoxy) is 1.